The van der Waals surface area contributed by atoms with Gasteiger partial charge in [0.2, 0.25) is 0 Å². The van der Waals surface area contributed by atoms with Gasteiger partial charge in [-0.25, -0.2) is 0 Å². The first kappa shape index (κ1) is 16.0. The summed E-state index contributed by atoms with van der Waals surface area (Å²) in [6.07, 6.45) is 1.84. The van der Waals surface area contributed by atoms with Gasteiger partial charge in [-0.3, -0.25) is 4.98 Å². The van der Waals surface area contributed by atoms with Crippen molar-refractivity contribution >= 4 is 17.3 Å². The fourth-order valence-corrected chi connectivity index (χ4v) is 3.70. The lowest BCUT2D eigenvalue weighted by Crippen LogP contribution is -2.33. The topological polar surface area (TPSA) is 44.0 Å². The fraction of sp³-hybridized carbons (Fsp3) is 0.444. The first-order valence-corrected chi connectivity index (χ1v) is 8.52. The number of thiocarbonyl (C=S) groups is 1. The van der Waals surface area contributed by atoms with Gasteiger partial charge in [0.05, 0.1) is 17.8 Å². The van der Waals surface area contributed by atoms with Gasteiger partial charge in [-0.2, -0.15) is 0 Å². The molecule has 0 spiro atoms. The summed E-state index contributed by atoms with van der Waals surface area (Å²) < 4.78 is 0. The molecule has 0 saturated carbocycles. The van der Waals surface area contributed by atoms with Crippen molar-refractivity contribution in [1.82, 2.24) is 20.2 Å². The van der Waals surface area contributed by atoms with Gasteiger partial charge in [0.25, 0.3) is 0 Å². The highest BCUT2D eigenvalue weighted by Crippen LogP contribution is 2.40. The molecule has 1 fully saturated rings. The molecule has 2 N–H and O–H groups in total. The maximum absolute atomic E-state index is 5.64. The number of aromatic amines is 1. The fourth-order valence-electron chi connectivity index (χ4n) is 3.39. The molecule has 23 heavy (non-hydrogen) atoms. The Labute approximate surface area is 143 Å². The Hall–Kier alpha value is -1.88. The van der Waals surface area contributed by atoms with Gasteiger partial charge in [-0.1, -0.05) is 19.9 Å². The minimum Gasteiger partial charge on any atom is -0.362 e. The summed E-state index contributed by atoms with van der Waals surface area (Å²) in [5, 5.41) is 4.31. The number of aryl methyl sites for hydroxylation is 2. The van der Waals surface area contributed by atoms with Crippen LogP contribution in [0.2, 0.25) is 0 Å². The summed E-state index contributed by atoms with van der Waals surface area (Å²) in [6, 6.07) is 8.54. The average Bonchev–Trinajstić information content (AvgIpc) is 2.99. The number of hydrogen-bond acceptors (Lipinski definition) is 2. The van der Waals surface area contributed by atoms with Crippen LogP contribution in [0.3, 0.4) is 0 Å². The molecule has 0 radical (unpaired) electrons. The summed E-state index contributed by atoms with van der Waals surface area (Å²) in [6.45, 7) is 9.61. The highest BCUT2D eigenvalue weighted by molar-refractivity contribution is 7.80. The van der Waals surface area contributed by atoms with Gasteiger partial charge in [0, 0.05) is 24.1 Å². The van der Waals surface area contributed by atoms with E-state index < -0.39 is 0 Å². The van der Waals surface area contributed by atoms with E-state index in [4.69, 9.17) is 12.2 Å². The Kier molecular flexibility index (Phi) is 4.39. The number of rotatable bonds is 4. The van der Waals surface area contributed by atoms with Crippen LogP contribution in [0.15, 0.2) is 30.5 Å². The van der Waals surface area contributed by atoms with Crippen molar-refractivity contribution < 1.29 is 0 Å². The first-order chi connectivity index (χ1) is 11.0. The average molecular weight is 328 g/mol. The summed E-state index contributed by atoms with van der Waals surface area (Å²) in [4.78, 5) is 10.3. The minimum atomic E-state index is 0.0800. The molecule has 2 atom stereocenters. The van der Waals surface area contributed by atoms with Crippen LogP contribution in [0, 0.1) is 19.8 Å². The second kappa shape index (κ2) is 6.32. The van der Waals surface area contributed by atoms with Gasteiger partial charge in [0.15, 0.2) is 5.11 Å². The second-order valence-corrected chi connectivity index (χ2v) is 7.09. The van der Waals surface area contributed by atoms with Gasteiger partial charge >= 0.3 is 0 Å². The number of pyridine rings is 1. The summed E-state index contributed by atoms with van der Waals surface area (Å²) in [7, 11) is 0. The molecule has 1 aliphatic rings. The Bertz CT molecular complexity index is 692. The van der Waals surface area contributed by atoms with E-state index in [1.807, 2.05) is 18.3 Å². The lowest BCUT2D eigenvalue weighted by atomic mass is 9.96. The van der Waals surface area contributed by atoms with E-state index in [1.54, 1.807) is 0 Å². The van der Waals surface area contributed by atoms with Crippen LogP contribution in [0.1, 0.15) is 48.6 Å². The third kappa shape index (κ3) is 3.11. The number of nitrogens with one attached hydrogen (secondary N) is 2. The number of nitrogens with zero attached hydrogens (tertiary/aromatic N) is 2. The Morgan fingerprint density at radius 2 is 2.09 bits per heavy atom. The Morgan fingerprint density at radius 1 is 1.30 bits per heavy atom. The van der Waals surface area contributed by atoms with Gasteiger partial charge in [-0.15, -0.1) is 0 Å². The standard InChI is InChI=1S/C18H24N4S/c1-11(2)10-22-17(14-9-12(3)20-13(14)4)16(21-18(22)23)15-7-5-6-8-19-15/h5-9,11,16-17,20H,10H2,1-4H3,(H,21,23)/t16-,17+/m1/s1. The Balaban J connectivity index is 2.05. The molecule has 2 aromatic rings. The van der Waals surface area contributed by atoms with Gasteiger partial charge in [0.1, 0.15) is 0 Å². The molecular formula is C18H24N4S. The number of hydrogen-bond donors (Lipinski definition) is 2. The van der Waals surface area contributed by atoms with Crippen molar-refractivity contribution in [3.05, 3.63) is 53.1 Å². The van der Waals surface area contributed by atoms with E-state index in [0.29, 0.717) is 5.92 Å². The van der Waals surface area contributed by atoms with E-state index in [1.165, 1.54) is 17.0 Å². The van der Waals surface area contributed by atoms with Crippen LogP contribution in [0.4, 0.5) is 0 Å². The Morgan fingerprint density at radius 3 is 2.65 bits per heavy atom. The minimum absolute atomic E-state index is 0.0800. The normalized spacial score (nSPS) is 21.1. The van der Waals surface area contributed by atoms with E-state index in [2.05, 4.69) is 60.0 Å². The van der Waals surface area contributed by atoms with Crippen LogP contribution in [0.25, 0.3) is 0 Å². The molecule has 0 bridgehead atoms. The molecule has 122 valence electrons. The molecule has 0 amide bonds. The summed E-state index contributed by atoms with van der Waals surface area (Å²) in [5.74, 6) is 0.542. The maximum Gasteiger partial charge on any atom is 0.170 e. The molecule has 0 unspecified atom stereocenters. The van der Waals surface area contributed by atoms with Gasteiger partial charge < -0.3 is 15.2 Å². The molecule has 0 aliphatic carbocycles. The van der Waals surface area contributed by atoms with Crippen molar-refractivity contribution in [2.75, 3.05) is 6.54 Å². The SMILES string of the molecule is Cc1cc([C@H]2[C@@H](c3ccccn3)NC(=S)N2CC(C)C)c(C)[nH]1. The lowest BCUT2D eigenvalue weighted by molar-refractivity contribution is 0.287. The first-order valence-electron chi connectivity index (χ1n) is 8.11. The molecule has 4 nitrogen and oxygen atoms in total. The largest absolute Gasteiger partial charge is 0.362 e. The number of H-pyrrole nitrogens is 1. The number of aromatic nitrogens is 2. The maximum atomic E-state index is 5.64. The van der Waals surface area contributed by atoms with Crippen molar-refractivity contribution in [2.45, 2.75) is 39.8 Å². The predicted octanol–water partition coefficient (Wildman–Crippen LogP) is 3.66. The van der Waals surface area contributed by atoms with Crippen molar-refractivity contribution in [3.8, 4) is 0 Å². The predicted molar refractivity (Wildman–Crippen MR) is 97.3 cm³/mol. The monoisotopic (exact) mass is 328 g/mol. The van der Waals surface area contributed by atoms with E-state index >= 15 is 0 Å². The lowest BCUT2D eigenvalue weighted by Gasteiger charge is -2.29. The quantitative estimate of drug-likeness (QED) is 0.841. The summed E-state index contributed by atoms with van der Waals surface area (Å²) in [5.41, 5.74) is 4.71. The molecular weight excluding hydrogens is 304 g/mol. The third-order valence-corrected chi connectivity index (χ3v) is 4.62. The van der Waals surface area contributed by atoms with Crippen molar-refractivity contribution in [3.63, 3.8) is 0 Å². The highest BCUT2D eigenvalue weighted by atomic mass is 32.1. The molecule has 3 rings (SSSR count). The molecule has 3 heterocycles. The second-order valence-electron chi connectivity index (χ2n) is 6.71. The van der Waals surface area contributed by atoms with E-state index in [-0.39, 0.29) is 12.1 Å². The highest BCUT2D eigenvalue weighted by Gasteiger charge is 2.40. The molecule has 1 saturated heterocycles. The van der Waals surface area contributed by atoms with Crippen molar-refractivity contribution in [2.24, 2.45) is 5.92 Å². The summed E-state index contributed by atoms with van der Waals surface area (Å²) >= 11 is 5.64. The molecule has 0 aromatic carbocycles. The van der Waals surface area contributed by atoms with Crippen LogP contribution < -0.4 is 5.32 Å². The van der Waals surface area contributed by atoms with Crippen LogP contribution >= 0.6 is 12.2 Å². The van der Waals surface area contributed by atoms with Crippen LogP contribution in [-0.4, -0.2) is 26.5 Å². The zero-order valence-corrected chi connectivity index (χ0v) is 14.9. The molecule has 5 heteroatoms. The van der Waals surface area contributed by atoms with Crippen LogP contribution in [-0.2, 0) is 0 Å². The molecule has 2 aromatic heterocycles. The smallest absolute Gasteiger partial charge is 0.170 e. The van der Waals surface area contributed by atoms with Gasteiger partial charge in [-0.05, 0) is 55.7 Å². The van der Waals surface area contributed by atoms with E-state index in [9.17, 15) is 0 Å². The zero-order chi connectivity index (χ0) is 16.6. The zero-order valence-electron chi connectivity index (χ0n) is 14.1. The van der Waals surface area contributed by atoms with E-state index in [0.717, 1.165) is 17.4 Å². The molecule has 1 aliphatic heterocycles. The van der Waals surface area contributed by atoms with Crippen LogP contribution in [0.5, 0.6) is 0 Å². The van der Waals surface area contributed by atoms with Crippen molar-refractivity contribution in [1.29, 1.82) is 0 Å². The third-order valence-electron chi connectivity index (χ3n) is 4.27.